The van der Waals surface area contributed by atoms with Gasteiger partial charge in [0, 0.05) is 33.0 Å². The highest BCUT2D eigenvalue weighted by atomic mass is 16.2. The summed E-state index contributed by atoms with van der Waals surface area (Å²) in [5.41, 5.74) is 4.51. The third-order valence-corrected chi connectivity index (χ3v) is 7.92. The average Bonchev–Trinajstić information content (AvgIpc) is 2.98. The van der Waals surface area contributed by atoms with Crippen LogP contribution in [-0.2, 0) is 12.8 Å². The largest absolute Gasteiger partial charge is 0.268 e. The minimum absolute atomic E-state index is 0.305. The number of carbonyl (C=O) groups is 4. The molecule has 200 valence electrons. The van der Waals surface area contributed by atoms with Crippen molar-refractivity contribution in [2.24, 2.45) is 0 Å². The van der Waals surface area contributed by atoms with Crippen molar-refractivity contribution in [3.8, 4) is 0 Å². The van der Waals surface area contributed by atoms with E-state index in [1.807, 2.05) is 24.3 Å². The Morgan fingerprint density at radius 3 is 1.02 bits per heavy atom. The molecule has 0 unspecified atom stereocenters. The zero-order chi connectivity index (χ0) is 28.0. The van der Waals surface area contributed by atoms with E-state index >= 15 is 0 Å². The van der Waals surface area contributed by atoms with Crippen molar-refractivity contribution >= 4 is 45.8 Å². The Kier molecular flexibility index (Phi) is 6.54. The van der Waals surface area contributed by atoms with Gasteiger partial charge in [-0.1, -0.05) is 51.0 Å². The van der Waals surface area contributed by atoms with Gasteiger partial charge in [-0.15, -0.1) is 0 Å². The van der Waals surface area contributed by atoms with Crippen LogP contribution in [0.5, 0.6) is 0 Å². The molecule has 6 rings (SSSR count). The third-order valence-electron chi connectivity index (χ3n) is 7.92. The number of unbranched alkanes of at least 4 members (excludes halogenated alkanes) is 2. The Bertz CT molecular complexity index is 1490. The van der Waals surface area contributed by atoms with Gasteiger partial charge in [0.2, 0.25) is 0 Å². The number of imide groups is 2. The van der Waals surface area contributed by atoms with Gasteiger partial charge in [-0.05, 0) is 85.3 Å². The summed E-state index contributed by atoms with van der Waals surface area (Å²) in [7, 11) is 0. The molecule has 0 fully saturated rings. The highest BCUT2D eigenvalue weighted by Crippen LogP contribution is 2.40. The molecular weight excluding hydrogens is 500 g/mol. The molecule has 4 amide bonds. The van der Waals surface area contributed by atoms with E-state index in [1.54, 1.807) is 48.5 Å². The van der Waals surface area contributed by atoms with E-state index in [4.69, 9.17) is 0 Å². The van der Waals surface area contributed by atoms with Gasteiger partial charge < -0.3 is 0 Å². The van der Waals surface area contributed by atoms with Gasteiger partial charge in [0.25, 0.3) is 23.6 Å². The monoisotopic (exact) mass is 530 g/mol. The van der Waals surface area contributed by atoms with Crippen LogP contribution in [0.4, 0.5) is 11.4 Å². The van der Waals surface area contributed by atoms with E-state index < -0.39 is 23.6 Å². The quantitative estimate of drug-likeness (QED) is 0.227. The molecular formula is C34H30N2O4. The first kappa shape index (κ1) is 25.7. The SMILES string of the molecule is CCCCc1ccc(N2C(=O)c3ccc4c5c(ccc(c35)C2=O)C(=O)N(c2ccc(CCCC)cc2)C4=O)cc1. The van der Waals surface area contributed by atoms with Gasteiger partial charge in [0.05, 0.1) is 11.4 Å². The number of nitrogens with zero attached hydrogens (tertiary/aromatic N) is 2. The van der Waals surface area contributed by atoms with Crippen LogP contribution in [0.1, 0.15) is 92.1 Å². The summed E-state index contributed by atoms with van der Waals surface area (Å²) < 4.78 is 0. The first-order valence-electron chi connectivity index (χ1n) is 14.0. The number of anilines is 2. The van der Waals surface area contributed by atoms with Crippen LogP contribution in [0.3, 0.4) is 0 Å². The summed E-state index contributed by atoms with van der Waals surface area (Å²) >= 11 is 0. The Morgan fingerprint density at radius 1 is 0.450 bits per heavy atom. The second-order valence-electron chi connectivity index (χ2n) is 10.5. The van der Waals surface area contributed by atoms with Crippen molar-refractivity contribution in [1.82, 2.24) is 0 Å². The van der Waals surface area contributed by atoms with Crippen LogP contribution < -0.4 is 9.80 Å². The fraction of sp³-hybridized carbons (Fsp3) is 0.235. The van der Waals surface area contributed by atoms with Crippen LogP contribution in [0.25, 0.3) is 10.8 Å². The van der Waals surface area contributed by atoms with Crippen LogP contribution in [0.2, 0.25) is 0 Å². The number of carbonyl (C=O) groups excluding carboxylic acids is 4. The zero-order valence-corrected chi connectivity index (χ0v) is 22.7. The summed E-state index contributed by atoms with van der Waals surface area (Å²) in [5.74, 6) is -1.86. The lowest BCUT2D eigenvalue weighted by molar-refractivity contribution is 0.0873. The van der Waals surface area contributed by atoms with Crippen LogP contribution in [0.15, 0.2) is 72.8 Å². The number of hydrogen-bond donors (Lipinski definition) is 0. The van der Waals surface area contributed by atoms with E-state index in [0.29, 0.717) is 44.4 Å². The molecule has 6 heteroatoms. The number of rotatable bonds is 8. The first-order chi connectivity index (χ1) is 19.4. The maximum Gasteiger partial charge on any atom is 0.265 e. The van der Waals surface area contributed by atoms with Crippen LogP contribution in [-0.4, -0.2) is 23.6 Å². The van der Waals surface area contributed by atoms with Crippen molar-refractivity contribution in [3.05, 3.63) is 106 Å². The lowest BCUT2D eigenvalue weighted by Gasteiger charge is -2.32. The molecule has 0 bridgehead atoms. The van der Waals surface area contributed by atoms with Crippen LogP contribution in [0, 0.1) is 0 Å². The van der Waals surface area contributed by atoms with Crippen molar-refractivity contribution in [1.29, 1.82) is 0 Å². The normalized spacial score (nSPS) is 14.4. The molecule has 0 saturated carbocycles. The molecule has 0 saturated heterocycles. The highest BCUT2D eigenvalue weighted by molar-refractivity contribution is 6.42. The molecule has 2 heterocycles. The smallest absolute Gasteiger partial charge is 0.265 e. The van der Waals surface area contributed by atoms with Crippen molar-refractivity contribution < 1.29 is 19.2 Å². The predicted octanol–water partition coefficient (Wildman–Crippen LogP) is 7.13. The highest BCUT2D eigenvalue weighted by Gasteiger charge is 2.40. The van der Waals surface area contributed by atoms with Gasteiger partial charge in [0.1, 0.15) is 0 Å². The Hall–Kier alpha value is -4.58. The Morgan fingerprint density at radius 2 is 0.750 bits per heavy atom. The van der Waals surface area contributed by atoms with E-state index in [0.717, 1.165) is 49.7 Å². The van der Waals surface area contributed by atoms with Gasteiger partial charge >= 0.3 is 0 Å². The van der Waals surface area contributed by atoms with Gasteiger partial charge in [0.15, 0.2) is 0 Å². The topological polar surface area (TPSA) is 74.8 Å². The van der Waals surface area contributed by atoms with Gasteiger partial charge in [-0.2, -0.15) is 0 Å². The lowest BCUT2D eigenvalue weighted by Crippen LogP contribution is -2.43. The Balaban J connectivity index is 1.39. The third kappa shape index (κ3) is 4.02. The summed E-state index contributed by atoms with van der Waals surface area (Å²) in [6.07, 6.45) is 6.19. The molecule has 0 aliphatic carbocycles. The standard InChI is InChI=1S/C34H30N2O4/c1-3-5-7-21-9-13-23(14-10-21)35-31(37)25-17-19-27-30-28(20-18-26(29(25)30)32(35)38)34(40)36(33(27)39)24-15-11-22(12-16-24)8-6-4-2/h9-20H,3-8H2,1-2H3. The minimum atomic E-state index is -0.465. The fourth-order valence-corrected chi connectivity index (χ4v) is 5.73. The predicted molar refractivity (Wildman–Crippen MR) is 156 cm³/mol. The first-order valence-corrected chi connectivity index (χ1v) is 14.0. The zero-order valence-electron chi connectivity index (χ0n) is 22.7. The molecule has 2 aliphatic rings. The summed E-state index contributed by atoms with van der Waals surface area (Å²) in [5, 5.41) is 0.745. The fourth-order valence-electron chi connectivity index (χ4n) is 5.73. The summed E-state index contributed by atoms with van der Waals surface area (Å²) in [6, 6.07) is 21.4. The van der Waals surface area contributed by atoms with Crippen molar-refractivity contribution in [2.45, 2.75) is 52.4 Å². The molecule has 0 aromatic heterocycles. The molecule has 0 N–H and O–H groups in total. The lowest BCUT2D eigenvalue weighted by atomic mass is 9.85. The number of hydrogen-bond acceptors (Lipinski definition) is 4. The van der Waals surface area contributed by atoms with Crippen LogP contribution >= 0.6 is 0 Å². The number of aryl methyl sites for hydroxylation is 2. The van der Waals surface area contributed by atoms with Gasteiger partial charge in [-0.3, -0.25) is 19.2 Å². The molecule has 40 heavy (non-hydrogen) atoms. The van der Waals surface area contributed by atoms with E-state index in [1.165, 1.54) is 9.80 Å². The molecule has 0 atom stereocenters. The van der Waals surface area contributed by atoms with Crippen molar-refractivity contribution in [2.75, 3.05) is 9.80 Å². The second-order valence-corrected chi connectivity index (χ2v) is 10.5. The molecule has 0 spiro atoms. The molecule has 2 aliphatic heterocycles. The van der Waals surface area contributed by atoms with E-state index in [-0.39, 0.29) is 0 Å². The maximum atomic E-state index is 13.7. The number of benzene rings is 4. The van der Waals surface area contributed by atoms with Crippen molar-refractivity contribution in [3.63, 3.8) is 0 Å². The molecule has 4 aromatic rings. The minimum Gasteiger partial charge on any atom is -0.268 e. The van der Waals surface area contributed by atoms with Gasteiger partial charge in [-0.25, -0.2) is 9.80 Å². The second kappa shape index (κ2) is 10.2. The van der Waals surface area contributed by atoms with E-state index in [9.17, 15) is 19.2 Å². The molecule has 4 aromatic carbocycles. The Labute approximate surface area is 233 Å². The molecule has 0 radical (unpaired) electrons. The molecule has 6 nitrogen and oxygen atoms in total. The average molecular weight is 531 g/mol. The maximum absolute atomic E-state index is 13.7. The van der Waals surface area contributed by atoms with E-state index in [2.05, 4.69) is 13.8 Å². The summed E-state index contributed by atoms with van der Waals surface area (Å²) in [6.45, 7) is 4.27. The summed E-state index contributed by atoms with van der Waals surface area (Å²) in [4.78, 5) is 57.1. The number of amides is 4.